The van der Waals surface area contributed by atoms with E-state index < -0.39 is 22.1 Å². The minimum atomic E-state index is -3.74. The van der Waals surface area contributed by atoms with Gasteiger partial charge >= 0.3 is 5.97 Å². The van der Waals surface area contributed by atoms with Gasteiger partial charge in [0.1, 0.15) is 0 Å². The number of ether oxygens (including phenoxy) is 1. The van der Waals surface area contributed by atoms with Crippen molar-refractivity contribution in [3.05, 3.63) is 29.8 Å². The van der Waals surface area contributed by atoms with Crippen molar-refractivity contribution >= 4 is 21.9 Å². The van der Waals surface area contributed by atoms with Crippen molar-refractivity contribution in [3.8, 4) is 6.07 Å². The summed E-state index contributed by atoms with van der Waals surface area (Å²) in [5.41, 5.74) is 0.129. The Hall–Kier alpha value is -2.44. The number of amides is 1. The van der Waals surface area contributed by atoms with Crippen LogP contribution in [0.25, 0.3) is 0 Å². The summed E-state index contributed by atoms with van der Waals surface area (Å²) in [5, 5.41) is 8.41. The fourth-order valence-electron chi connectivity index (χ4n) is 1.74. The maximum atomic E-state index is 12.0. The predicted molar refractivity (Wildman–Crippen MR) is 85.4 cm³/mol. The monoisotopic (exact) mass is 353 g/mol. The van der Waals surface area contributed by atoms with Crippen LogP contribution in [0.5, 0.6) is 0 Å². The van der Waals surface area contributed by atoms with E-state index in [1.807, 2.05) is 6.07 Å². The molecule has 24 heavy (non-hydrogen) atoms. The number of nitrogens with zero attached hydrogens (tertiary/aromatic N) is 2. The number of carbonyl (C=O) groups is 2. The smallest absolute Gasteiger partial charge is 0.338 e. The molecule has 1 rings (SSSR count). The number of nitrogens with one attached hydrogen (secondary N) is 1. The molecule has 0 aliphatic rings. The minimum Gasteiger partial charge on any atom is -0.449 e. The molecule has 0 saturated carbocycles. The molecular weight excluding hydrogens is 334 g/mol. The Bertz CT molecular complexity index is 735. The highest BCUT2D eigenvalue weighted by molar-refractivity contribution is 7.89. The van der Waals surface area contributed by atoms with Gasteiger partial charge in [-0.15, -0.1) is 0 Å². The zero-order valence-corrected chi connectivity index (χ0v) is 14.5. The van der Waals surface area contributed by atoms with Gasteiger partial charge in [-0.25, -0.2) is 17.9 Å². The highest BCUT2D eigenvalue weighted by atomic mass is 32.2. The first-order valence-electron chi connectivity index (χ1n) is 7.08. The second-order valence-electron chi connectivity index (χ2n) is 5.11. The Morgan fingerprint density at radius 3 is 2.38 bits per heavy atom. The van der Waals surface area contributed by atoms with Gasteiger partial charge in [-0.05, 0) is 31.2 Å². The van der Waals surface area contributed by atoms with Crippen molar-refractivity contribution in [2.75, 3.05) is 20.6 Å². The van der Waals surface area contributed by atoms with E-state index in [1.165, 1.54) is 36.1 Å². The zero-order chi connectivity index (χ0) is 18.3. The number of hydrogen-bond donors (Lipinski definition) is 1. The fourth-order valence-corrected chi connectivity index (χ4v) is 2.77. The second kappa shape index (κ2) is 8.42. The van der Waals surface area contributed by atoms with E-state index in [1.54, 1.807) is 14.1 Å². The van der Waals surface area contributed by atoms with E-state index in [0.29, 0.717) is 0 Å². The van der Waals surface area contributed by atoms with Gasteiger partial charge in [-0.1, -0.05) is 0 Å². The first-order valence-corrected chi connectivity index (χ1v) is 8.56. The summed E-state index contributed by atoms with van der Waals surface area (Å²) in [6.45, 7) is 1.46. The number of esters is 1. The van der Waals surface area contributed by atoms with Crippen LogP contribution in [0.1, 0.15) is 23.7 Å². The SMILES string of the molecule is C[C@H](OC(=O)c1ccc(S(=O)(=O)NCCC#N)cc1)C(=O)N(C)C. The predicted octanol–water partition coefficient (Wildman–Crippen LogP) is 0.512. The Morgan fingerprint density at radius 2 is 1.88 bits per heavy atom. The number of carbonyl (C=O) groups excluding carboxylic acids is 2. The third-order valence-corrected chi connectivity index (χ3v) is 4.48. The summed E-state index contributed by atoms with van der Waals surface area (Å²) in [4.78, 5) is 24.9. The third-order valence-electron chi connectivity index (χ3n) is 3.00. The lowest BCUT2D eigenvalue weighted by molar-refractivity contribution is -0.137. The van der Waals surface area contributed by atoms with Gasteiger partial charge in [0.05, 0.1) is 16.5 Å². The van der Waals surface area contributed by atoms with Crippen LogP contribution < -0.4 is 4.72 Å². The van der Waals surface area contributed by atoms with Crippen molar-refractivity contribution in [1.82, 2.24) is 9.62 Å². The number of benzene rings is 1. The molecule has 0 aromatic heterocycles. The largest absolute Gasteiger partial charge is 0.449 e. The van der Waals surface area contributed by atoms with Gasteiger partial charge in [0, 0.05) is 27.1 Å². The molecule has 0 aliphatic heterocycles. The number of hydrogen-bond acceptors (Lipinski definition) is 6. The Balaban J connectivity index is 2.79. The molecule has 1 N–H and O–H groups in total. The number of likely N-dealkylation sites (N-methyl/N-ethyl adjacent to an activating group) is 1. The summed E-state index contributed by atoms with van der Waals surface area (Å²) < 4.78 is 31.2. The molecule has 0 saturated heterocycles. The Kier molecular flexibility index (Phi) is 6.88. The number of sulfonamides is 1. The molecule has 1 amide bonds. The topological polar surface area (TPSA) is 117 Å². The molecule has 1 atom stereocenters. The molecule has 130 valence electrons. The second-order valence-corrected chi connectivity index (χ2v) is 6.88. The molecule has 0 radical (unpaired) electrons. The first kappa shape index (κ1) is 19.6. The van der Waals surface area contributed by atoms with E-state index in [0.717, 1.165) is 0 Å². The molecule has 0 bridgehead atoms. The maximum Gasteiger partial charge on any atom is 0.338 e. The van der Waals surface area contributed by atoms with Gasteiger partial charge in [0.2, 0.25) is 10.0 Å². The van der Waals surface area contributed by atoms with Crippen molar-refractivity contribution in [1.29, 1.82) is 5.26 Å². The molecule has 1 aromatic rings. The van der Waals surface area contributed by atoms with Crippen LogP contribution in [0.15, 0.2) is 29.2 Å². The summed E-state index contributed by atoms with van der Waals surface area (Å²) in [5.74, 6) is -1.08. The lowest BCUT2D eigenvalue weighted by Gasteiger charge is -2.17. The van der Waals surface area contributed by atoms with E-state index in [4.69, 9.17) is 10.00 Å². The molecule has 8 nitrogen and oxygen atoms in total. The van der Waals surface area contributed by atoms with Crippen LogP contribution in [0.2, 0.25) is 0 Å². The highest BCUT2D eigenvalue weighted by Crippen LogP contribution is 2.12. The van der Waals surface area contributed by atoms with E-state index >= 15 is 0 Å². The molecule has 0 fully saturated rings. The third kappa shape index (κ3) is 5.33. The quantitative estimate of drug-likeness (QED) is 0.564. The number of rotatable bonds is 7. The van der Waals surface area contributed by atoms with Crippen LogP contribution in [0, 0.1) is 11.3 Å². The molecule has 0 heterocycles. The van der Waals surface area contributed by atoms with E-state index in [-0.39, 0.29) is 29.3 Å². The standard InChI is InChI=1S/C15H19N3O5S/c1-11(14(19)18(2)3)23-15(20)12-5-7-13(8-6-12)24(21,22)17-10-4-9-16/h5-8,11,17H,4,10H2,1-3H3/t11-/m0/s1. The van der Waals surface area contributed by atoms with Crippen molar-refractivity contribution < 1.29 is 22.7 Å². The minimum absolute atomic E-state index is 0.00673. The summed E-state index contributed by atoms with van der Waals surface area (Å²) in [6.07, 6.45) is -0.884. The fraction of sp³-hybridized carbons (Fsp3) is 0.400. The zero-order valence-electron chi connectivity index (χ0n) is 13.6. The van der Waals surface area contributed by atoms with Gasteiger partial charge < -0.3 is 9.64 Å². The maximum absolute atomic E-state index is 12.0. The van der Waals surface area contributed by atoms with E-state index in [9.17, 15) is 18.0 Å². The lowest BCUT2D eigenvalue weighted by Crippen LogP contribution is -2.34. The van der Waals surface area contributed by atoms with Crippen LogP contribution in [-0.4, -0.2) is 51.9 Å². The highest BCUT2D eigenvalue weighted by Gasteiger charge is 2.21. The average Bonchev–Trinajstić information content (AvgIpc) is 2.54. The summed E-state index contributed by atoms with van der Waals surface area (Å²) >= 11 is 0. The lowest BCUT2D eigenvalue weighted by atomic mass is 10.2. The van der Waals surface area contributed by atoms with Crippen molar-refractivity contribution in [3.63, 3.8) is 0 Å². The first-order chi connectivity index (χ1) is 11.2. The normalized spacial score (nSPS) is 12.1. The molecule has 0 aliphatic carbocycles. The van der Waals surface area contributed by atoms with Gasteiger partial charge in [-0.3, -0.25) is 4.79 Å². The molecule has 9 heteroatoms. The van der Waals surface area contributed by atoms with Crippen molar-refractivity contribution in [2.24, 2.45) is 0 Å². The van der Waals surface area contributed by atoms with E-state index in [2.05, 4.69) is 4.72 Å². The summed E-state index contributed by atoms with van der Waals surface area (Å²) in [7, 11) is -0.642. The van der Waals surface area contributed by atoms with Gasteiger partial charge in [0.15, 0.2) is 6.10 Å². The van der Waals surface area contributed by atoms with Gasteiger partial charge in [0.25, 0.3) is 5.91 Å². The molecule has 1 aromatic carbocycles. The Morgan fingerprint density at radius 1 is 1.29 bits per heavy atom. The van der Waals surface area contributed by atoms with Crippen LogP contribution in [-0.2, 0) is 19.6 Å². The molecule has 0 unspecified atom stereocenters. The van der Waals surface area contributed by atoms with Gasteiger partial charge in [-0.2, -0.15) is 5.26 Å². The van der Waals surface area contributed by atoms with Crippen LogP contribution in [0.3, 0.4) is 0 Å². The van der Waals surface area contributed by atoms with Crippen LogP contribution >= 0.6 is 0 Å². The average molecular weight is 353 g/mol. The van der Waals surface area contributed by atoms with Crippen molar-refractivity contribution in [2.45, 2.75) is 24.3 Å². The molecular formula is C15H19N3O5S. The number of nitriles is 1. The summed E-state index contributed by atoms with van der Waals surface area (Å²) in [6, 6.07) is 6.94. The van der Waals surface area contributed by atoms with Crippen LogP contribution in [0.4, 0.5) is 0 Å². The molecule has 0 spiro atoms. The Labute approximate surface area is 141 Å².